The summed E-state index contributed by atoms with van der Waals surface area (Å²) in [5.74, 6) is -0.138. The van der Waals surface area contributed by atoms with Gasteiger partial charge in [-0.15, -0.1) is 22.7 Å². The van der Waals surface area contributed by atoms with Crippen LogP contribution in [-0.2, 0) is 7.05 Å². The lowest BCUT2D eigenvalue weighted by atomic mass is 10.0. The Bertz CT molecular complexity index is 1450. The summed E-state index contributed by atoms with van der Waals surface area (Å²) in [5.41, 5.74) is 4.34. The molecule has 1 aromatic carbocycles. The van der Waals surface area contributed by atoms with Gasteiger partial charge in [0.25, 0.3) is 5.70 Å². The number of fused-ring (bicyclic) bond motifs is 4. The van der Waals surface area contributed by atoms with Crippen molar-refractivity contribution in [3.8, 4) is 6.07 Å². The number of ketones is 1. The molecular weight excluding hydrogens is 386 g/mol. The number of nitrogens with zero attached hydrogens (tertiary/aromatic N) is 3. The molecule has 4 nitrogen and oxygen atoms in total. The Morgan fingerprint density at radius 2 is 2.00 bits per heavy atom. The van der Waals surface area contributed by atoms with E-state index >= 15 is 0 Å². The molecule has 0 saturated heterocycles. The molecule has 6 heteroatoms. The van der Waals surface area contributed by atoms with Gasteiger partial charge in [0.1, 0.15) is 0 Å². The van der Waals surface area contributed by atoms with Crippen LogP contribution >= 0.6 is 22.7 Å². The van der Waals surface area contributed by atoms with Crippen LogP contribution in [0.3, 0.4) is 0 Å². The highest BCUT2D eigenvalue weighted by Crippen LogP contribution is 2.43. The third kappa shape index (κ3) is 2.16. The maximum Gasteiger partial charge on any atom is 0.270 e. The zero-order chi connectivity index (χ0) is 19.4. The Morgan fingerprint density at radius 3 is 2.75 bits per heavy atom. The Morgan fingerprint density at radius 1 is 1.21 bits per heavy atom. The van der Waals surface area contributed by atoms with E-state index in [4.69, 9.17) is 6.57 Å². The Kier molecular flexibility index (Phi) is 3.60. The van der Waals surface area contributed by atoms with E-state index in [0.717, 1.165) is 10.4 Å². The number of aromatic nitrogens is 1. The molecule has 1 aliphatic carbocycles. The molecule has 0 aliphatic heterocycles. The fourth-order valence-electron chi connectivity index (χ4n) is 3.72. The van der Waals surface area contributed by atoms with Crippen LogP contribution in [0.4, 0.5) is 0 Å². The van der Waals surface area contributed by atoms with Gasteiger partial charge in [-0.05, 0) is 29.2 Å². The van der Waals surface area contributed by atoms with E-state index < -0.39 is 0 Å². The third-order valence-electron chi connectivity index (χ3n) is 5.00. The summed E-state index contributed by atoms with van der Waals surface area (Å²) in [7, 11) is 2.04. The van der Waals surface area contributed by atoms with Gasteiger partial charge in [-0.3, -0.25) is 4.79 Å². The number of hydrogen-bond donors (Lipinski definition) is 0. The minimum absolute atomic E-state index is 0.0497. The molecule has 0 amide bonds. The van der Waals surface area contributed by atoms with Crippen molar-refractivity contribution in [2.45, 2.75) is 0 Å². The molecule has 28 heavy (non-hydrogen) atoms. The summed E-state index contributed by atoms with van der Waals surface area (Å²) in [4.78, 5) is 17.3. The van der Waals surface area contributed by atoms with Crippen LogP contribution in [0.2, 0.25) is 0 Å². The van der Waals surface area contributed by atoms with Crippen molar-refractivity contribution in [2.75, 3.05) is 0 Å². The second-order valence-electron chi connectivity index (χ2n) is 6.44. The van der Waals surface area contributed by atoms with Gasteiger partial charge in [0, 0.05) is 28.6 Å². The molecule has 0 radical (unpaired) electrons. The highest BCUT2D eigenvalue weighted by molar-refractivity contribution is 7.27. The zero-order valence-electron chi connectivity index (χ0n) is 14.7. The largest absolute Gasteiger partial charge is 0.342 e. The van der Waals surface area contributed by atoms with Crippen molar-refractivity contribution in [3.05, 3.63) is 80.5 Å². The summed E-state index contributed by atoms with van der Waals surface area (Å²) in [6.07, 6.45) is 1.82. The number of rotatable bonds is 1. The maximum absolute atomic E-state index is 13.0. The predicted molar refractivity (Wildman–Crippen MR) is 114 cm³/mol. The molecule has 5 rings (SSSR count). The van der Waals surface area contributed by atoms with Crippen LogP contribution < -0.4 is 0 Å². The first kappa shape index (κ1) is 16.7. The van der Waals surface area contributed by atoms with Gasteiger partial charge in [-0.25, -0.2) is 10.1 Å². The van der Waals surface area contributed by atoms with E-state index in [-0.39, 0.29) is 11.5 Å². The highest BCUT2D eigenvalue weighted by Gasteiger charge is 2.32. The molecule has 3 aromatic heterocycles. The number of benzene rings is 1. The molecule has 132 valence electrons. The number of thiophene rings is 2. The van der Waals surface area contributed by atoms with Crippen LogP contribution in [0, 0.1) is 17.9 Å². The smallest absolute Gasteiger partial charge is 0.270 e. The van der Waals surface area contributed by atoms with Crippen molar-refractivity contribution < 1.29 is 4.79 Å². The minimum Gasteiger partial charge on any atom is -0.342 e. The van der Waals surface area contributed by atoms with Crippen molar-refractivity contribution in [1.29, 1.82) is 5.26 Å². The average Bonchev–Trinajstić information content (AvgIpc) is 3.44. The molecule has 0 spiro atoms. The monoisotopic (exact) mass is 397 g/mol. The number of carbonyl (C=O) groups excluding carboxylic acids is 1. The summed E-state index contributed by atoms with van der Waals surface area (Å²) >= 11 is 3.33. The molecule has 0 unspecified atom stereocenters. The topological polar surface area (TPSA) is 50.1 Å². The lowest BCUT2D eigenvalue weighted by molar-refractivity contribution is 0.104. The number of carbonyl (C=O) groups is 1. The quantitative estimate of drug-likeness (QED) is 0.228. The zero-order valence-corrected chi connectivity index (χ0v) is 16.3. The first-order valence-corrected chi connectivity index (χ1v) is 10.2. The number of hydrogen-bond acceptors (Lipinski definition) is 4. The van der Waals surface area contributed by atoms with Gasteiger partial charge in [0.2, 0.25) is 0 Å². The number of aryl methyl sites for hydroxylation is 1. The van der Waals surface area contributed by atoms with Gasteiger partial charge in [0.15, 0.2) is 5.78 Å². The highest BCUT2D eigenvalue weighted by atomic mass is 32.1. The fraction of sp³-hybridized carbons (Fsp3) is 0.0455. The second kappa shape index (κ2) is 6.03. The van der Waals surface area contributed by atoms with E-state index in [1.54, 1.807) is 40.9 Å². The summed E-state index contributed by atoms with van der Waals surface area (Å²) < 4.78 is 4.59. The fourth-order valence-corrected chi connectivity index (χ4v) is 5.94. The van der Waals surface area contributed by atoms with E-state index in [1.165, 1.54) is 14.9 Å². The standard InChI is InChI=1S/C22H11N3OS2/c1-24-16(11-23)19-13-5-3-4-6-14(13)20(26)15(19)9-12-10-18-22(28-12)21-17(25(18)2)7-8-27-21/h3-10H,2H3/b15-9-,19-16-. The first-order valence-electron chi connectivity index (χ1n) is 8.47. The van der Waals surface area contributed by atoms with Gasteiger partial charge >= 0.3 is 0 Å². The van der Waals surface area contributed by atoms with Crippen molar-refractivity contribution in [1.82, 2.24) is 4.57 Å². The Hall–Kier alpha value is -3.45. The minimum atomic E-state index is -0.138. The molecule has 0 saturated carbocycles. The molecule has 3 heterocycles. The average molecular weight is 397 g/mol. The van der Waals surface area contributed by atoms with Crippen LogP contribution in [0.1, 0.15) is 20.8 Å². The van der Waals surface area contributed by atoms with Crippen molar-refractivity contribution >= 4 is 60.5 Å². The van der Waals surface area contributed by atoms with E-state index in [2.05, 4.69) is 26.9 Å². The molecule has 1 aliphatic rings. The normalized spacial score (nSPS) is 16.5. The second-order valence-corrected chi connectivity index (χ2v) is 8.44. The van der Waals surface area contributed by atoms with Crippen LogP contribution in [-0.4, -0.2) is 10.4 Å². The molecular formula is C22H11N3OS2. The maximum atomic E-state index is 13.0. The number of nitriles is 1. The summed E-state index contributed by atoms with van der Waals surface area (Å²) in [6, 6.07) is 13.3. The van der Waals surface area contributed by atoms with Gasteiger partial charge in [-0.1, -0.05) is 24.3 Å². The van der Waals surface area contributed by atoms with Crippen LogP contribution in [0.5, 0.6) is 0 Å². The molecule has 0 atom stereocenters. The van der Waals surface area contributed by atoms with Crippen LogP contribution in [0.15, 0.2) is 53.0 Å². The van der Waals surface area contributed by atoms with Gasteiger partial charge in [0.05, 0.1) is 33.1 Å². The molecule has 0 fully saturated rings. The third-order valence-corrected chi connectivity index (χ3v) is 7.14. The van der Waals surface area contributed by atoms with E-state index in [0.29, 0.717) is 22.3 Å². The number of allylic oxidation sites excluding steroid dienone is 3. The Labute approximate surface area is 168 Å². The summed E-state index contributed by atoms with van der Waals surface area (Å²) in [5, 5.41) is 11.5. The SMILES string of the molecule is [C-]#[N+]/C(C#N)=C1\C(=C\c2cc3c(s2)c2sccc2n3C)C(=O)c2ccccc21. The van der Waals surface area contributed by atoms with Crippen molar-refractivity contribution in [3.63, 3.8) is 0 Å². The lowest BCUT2D eigenvalue weighted by Crippen LogP contribution is -1.95. The Balaban J connectivity index is 1.76. The van der Waals surface area contributed by atoms with E-state index in [1.807, 2.05) is 25.3 Å². The molecule has 0 N–H and O–H groups in total. The van der Waals surface area contributed by atoms with Gasteiger partial charge in [-0.2, -0.15) is 0 Å². The number of Topliss-reactive ketones (excluding diaryl/α,β-unsaturated/α-hetero) is 1. The predicted octanol–water partition coefficient (Wildman–Crippen LogP) is 5.89. The molecule has 4 aromatic rings. The van der Waals surface area contributed by atoms with Gasteiger partial charge < -0.3 is 4.57 Å². The van der Waals surface area contributed by atoms with E-state index in [9.17, 15) is 10.1 Å². The van der Waals surface area contributed by atoms with Crippen LogP contribution in [0.25, 0.3) is 36.9 Å². The molecule has 0 bridgehead atoms. The summed E-state index contributed by atoms with van der Waals surface area (Å²) in [6.45, 7) is 7.37. The first-order chi connectivity index (χ1) is 13.6. The lowest BCUT2D eigenvalue weighted by Gasteiger charge is -2.01. The van der Waals surface area contributed by atoms with Crippen molar-refractivity contribution in [2.24, 2.45) is 7.05 Å².